The molecule has 31 heavy (non-hydrogen) atoms. The van der Waals surface area contributed by atoms with Crippen LogP contribution in [-0.2, 0) is 4.79 Å². The SMILES string of the molecule is O=C(CSc1nc2cc(Cl)ccc2c(=O)n1-c1ccc(Cl)cc1)Nc1ccccc1F. The molecule has 1 N–H and O–H groups in total. The first kappa shape index (κ1) is 21.4. The third kappa shape index (κ3) is 4.74. The summed E-state index contributed by atoms with van der Waals surface area (Å²) in [7, 11) is 0. The van der Waals surface area contributed by atoms with Crippen LogP contribution in [0.1, 0.15) is 0 Å². The normalized spacial score (nSPS) is 10.9. The Kier molecular flexibility index (Phi) is 6.27. The van der Waals surface area contributed by atoms with Crippen LogP contribution in [0.4, 0.5) is 10.1 Å². The van der Waals surface area contributed by atoms with E-state index in [1.54, 1.807) is 48.5 Å². The van der Waals surface area contributed by atoms with Gasteiger partial charge in [0.15, 0.2) is 5.16 Å². The molecule has 3 aromatic carbocycles. The molecule has 0 radical (unpaired) electrons. The Morgan fingerprint density at radius 2 is 1.74 bits per heavy atom. The van der Waals surface area contributed by atoms with Gasteiger partial charge < -0.3 is 5.32 Å². The van der Waals surface area contributed by atoms with E-state index < -0.39 is 11.7 Å². The second kappa shape index (κ2) is 9.09. The number of nitrogens with zero attached hydrogens (tertiary/aromatic N) is 2. The lowest BCUT2D eigenvalue weighted by Gasteiger charge is -2.13. The number of amides is 1. The summed E-state index contributed by atoms with van der Waals surface area (Å²) in [6.07, 6.45) is 0. The lowest BCUT2D eigenvalue weighted by Crippen LogP contribution is -2.23. The number of rotatable bonds is 5. The topological polar surface area (TPSA) is 64.0 Å². The third-order valence-electron chi connectivity index (χ3n) is 4.37. The van der Waals surface area contributed by atoms with E-state index in [0.29, 0.717) is 31.8 Å². The molecule has 4 aromatic rings. The summed E-state index contributed by atoms with van der Waals surface area (Å²) < 4.78 is 15.2. The summed E-state index contributed by atoms with van der Waals surface area (Å²) in [4.78, 5) is 30.1. The summed E-state index contributed by atoms with van der Waals surface area (Å²) in [5.41, 5.74) is 0.748. The standard InChI is InChI=1S/C22H14Cl2FN3O2S/c23-13-5-8-15(9-6-13)28-21(30)16-10-7-14(24)11-19(16)27-22(28)31-12-20(29)26-18-4-2-1-3-17(18)25/h1-11H,12H2,(H,26,29). The molecule has 1 aromatic heterocycles. The lowest BCUT2D eigenvalue weighted by molar-refractivity contribution is -0.113. The number of carbonyl (C=O) groups is 1. The van der Waals surface area contributed by atoms with Crippen molar-refractivity contribution >= 4 is 57.5 Å². The molecule has 0 atom stereocenters. The first-order valence-corrected chi connectivity index (χ1v) is 10.8. The molecule has 0 saturated heterocycles. The van der Waals surface area contributed by atoms with E-state index in [-0.39, 0.29) is 17.0 Å². The summed E-state index contributed by atoms with van der Waals surface area (Å²) in [6.45, 7) is 0. The molecule has 4 rings (SSSR count). The zero-order valence-corrected chi connectivity index (χ0v) is 18.1. The van der Waals surface area contributed by atoms with Gasteiger partial charge in [-0.25, -0.2) is 9.37 Å². The van der Waals surface area contributed by atoms with Crippen LogP contribution in [0.3, 0.4) is 0 Å². The average Bonchev–Trinajstić information content (AvgIpc) is 2.75. The Morgan fingerprint density at radius 3 is 2.48 bits per heavy atom. The zero-order valence-electron chi connectivity index (χ0n) is 15.8. The Bertz CT molecular complexity index is 1340. The van der Waals surface area contributed by atoms with Crippen molar-refractivity contribution in [2.24, 2.45) is 0 Å². The number of aromatic nitrogens is 2. The molecular weight excluding hydrogens is 460 g/mol. The van der Waals surface area contributed by atoms with Gasteiger partial charge in [0.2, 0.25) is 5.91 Å². The van der Waals surface area contributed by atoms with Gasteiger partial charge in [-0.15, -0.1) is 0 Å². The van der Waals surface area contributed by atoms with Crippen molar-refractivity contribution in [3.63, 3.8) is 0 Å². The Hall–Kier alpha value is -2.87. The number of fused-ring (bicyclic) bond motifs is 1. The van der Waals surface area contributed by atoms with E-state index >= 15 is 0 Å². The fraction of sp³-hybridized carbons (Fsp3) is 0.0455. The maximum Gasteiger partial charge on any atom is 0.266 e. The molecule has 0 fully saturated rings. The molecule has 156 valence electrons. The number of anilines is 1. The molecule has 9 heteroatoms. The van der Waals surface area contributed by atoms with Gasteiger partial charge in [0.05, 0.1) is 28.0 Å². The number of halogens is 3. The predicted octanol–water partition coefficient (Wildman–Crippen LogP) is 5.56. The van der Waals surface area contributed by atoms with E-state index in [1.165, 1.54) is 22.8 Å². The molecule has 1 amide bonds. The van der Waals surface area contributed by atoms with Crippen LogP contribution < -0.4 is 10.9 Å². The molecule has 0 unspecified atom stereocenters. The maximum atomic E-state index is 13.8. The van der Waals surface area contributed by atoms with Gasteiger partial charge in [-0.3, -0.25) is 14.2 Å². The summed E-state index contributed by atoms with van der Waals surface area (Å²) >= 11 is 13.1. The maximum absolute atomic E-state index is 13.8. The van der Waals surface area contributed by atoms with Crippen LogP contribution in [0.2, 0.25) is 10.0 Å². The van der Waals surface area contributed by atoms with Crippen LogP contribution in [0.5, 0.6) is 0 Å². The van der Waals surface area contributed by atoms with Crippen LogP contribution in [-0.4, -0.2) is 21.2 Å². The van der Waals surface area contributed by atoms with Crippen LogP contribution in [0, 0.1) is 5.82 Å². The van der Waals surface area contributed by atoms with Gasteiger partial charge in [-0.1, -0.05) is 47.1 Å². The second-order valence-electron chi connectivity index (χ2n) is 6.49. The van der Waals surface area contributed by atoms with Gasteiger partial charge in [0.1, 0.15) is 5.82 Å². The molecule has 0 aliphatic heterocycles. The minimum absolute atomic E-state index is 0.0829. The molecule has 0 aliphatic rings. The van der Waals surface area contributed by atoms with Gasteiger partial charge in [-0.05, 0) is 54.6 Å². The van der Waals surface area contributed by atoms with Gasteiger partial charge in [0, 0.05) is 10.0 Å². The van der Waals surface area contributed by atoms with Gasteiger partial charge in [0.25, 0.3) is 5.56 Å². The fourth-order valence-electron chi connectivity index (χ4n) is 2.93. The number of thioether (sulfide) groups is 1. The Balaban J connectivity index is 1.70. The van der Waals surface area contributed by atoms with Crippen molar-refractivity contribution < 1.29 is 9.18 Å². The highest BCUT2D eigenvalue weighted by molar-refractivity contribution is 7.99. The highest BCUT2D eigenvalue weighted by atomic mass is 35.5. The number of hydrogen-bond donors (Lipinski definition) is 1. The molecule has 1 heterocycles. The molecular formula is C22H14Cl2FN3O2S. The number of hydrogen-bond acceptors (Lipinski definition) is 4. The second-order valence-corrected chi connectivity index (χ2v) is 8.30. The highest BCUT2D eigenvalue weighted by Gasteiger charge is 2.16. The number of nitrogens with one attached hydrogen (secondary N) is 1. The van der Waals surface area contributed by atoms with Crippen LogP contribution in [0.25, 0.3) is 16.6 Å². The van der Waals surface area contributed by atoms with E-state index in [1.807, 2.05) is 0 Å². The lowest BCUT2D eigenvalue weighted by atomic mass is 10.2. The Morgan fingerprint density at radius 1 is 1.03 bits per heavy atom. The average molecular weight is 474 g/mol. The quantitative estimate of drug-likeness (QED) is 0.304. The van der Waals surface area contributed by atoms with Crippen molar-refractivity contribution in [1.29, 1.82) is 0 Å². The van der Waals surface area contributed by atoms with Crippen molar-refractivity contribution in [3.8, 4) is 5.69 Å². The molecule has 0 saturated carbocycles. The first-order valence-electron chi connectivity index (χ1n) is 9.08. The van der Waals surface area contributed by atoms with Gasteiger partial charge >= 0.3 is 0 Å². The number of para-hydroxylation sites is 1. The summed E-state index contributed by atoms with van der Waals surface area (Å²) in [6, 6.07) is 17.4. The number of benzene rings is 3. The van der Waals surface area contributed by atoms with Crippen molar-refractivity contribution in [2.45, 2.75) is 5.16 Å². The van der Waals surface area contributed by atoms with Crippen molar-refractivity contribution in [3.05, 3.63) is 92.9 Å². The third-order valence-corrected chi connectivity index (χ3v) is 5.79. The first-order chi connectivity index (χ1) is 14.9. The van der Waals surface area contributed by atoms with Crippen molar-refractivity contribution in [2.75, 3.05) is 11.1 Å². The molecule has 0 bridgehead atoms. The van der Waals surface area contributed by atoms with E-state index in [2.05, 4.69) is 10.3 Å². The smallest absolute Gasteiger partial charge is 0.266 e. The van der Waals surface area contributed by atoms with E-state index in [0.717, 1.165) is 11.8 Å². The van der Waals surface area contributed by atoms with E-state index in [9.17, 15) is 14.0 Å². The zero-order chi connectivity index (χ0) is 22.0. The van der Waals surface area contributed by atoms with Gasteiger partial charge in [-0.2, -0.15) is 0 Å². The summed E-state index contributed by atoms with van der Waals surface area (Å²) in [5, 5.41) is 4.17. The highest BCUT2D eigenvalue weighted by Crippen LogP contribution is 2.24. The van der Waals surface area contributed by atoms with E-state index in [4.69, 9.17) is 23.2 Å². The van der Waals surface area contributed by atoms with Crippen LogP contribution >= 0.6 is 35.0 Å². The largest absolute Gasteiger partial charge is 0.323 e. The Labute approximate surface area is 190 Å². The summed E-state index contributed by atoms with van der Waals surface area (Å²) in [5.74, 6) is -1.05. The molecule has 5 nitrogen and oxygen atoms in total. The minimum atomic E-state index is -0.530. The predicted molar refractivity (Wildman–Crippen MR) is 123 cm³/mol. The molecule has 0 spiro atoms. The van der Waals surface area contributed by atoms with Crippen LogP contribution in [0.15, 0.2) is 76.7 Å². The molecule has 0 aliphatic carbocycles. The monoisotopic (exact) mass is 473 g/mol. The van der Waals surface area contributed by atoms with Crippen molar-refractivity contribution in [1.82, 2.24) is 9.55 Å². The minimum Gasteiger partial charge on any atom is -0.323 e. The number of carbonyl (C=O) groups excluding carboxylic acids is 1. The fourth-order valence-corrected chi connectivity index (χ4v) is 4.04.